The van der Waals surface area contributed by atoms with Gasteiger partial charge in [0.05, 0.1) is 11.5 Å². The normalized spacial score (nSPS) is 26.0. The molecule has 1 atom stereocenters. The molecule has 0 bridgehead atoms. The van der Waals surface area contributed by atoms with Crippen LogP contribution in [-0.2, 0) is 19.4 Å². The predicted molar refractivity (Wildman–Crippen MR) is 70.6 cm³/mol. The number of carbonyl (C=O) groups is 2. The number of likely N-dealkylation sites (tertiary alicyclic amines) is 1. The number of nitrogens with zero attached hydrogens (tertiary/aromatic N) is 1. The van der Waals surface area contributed by atoms with Crippen molar-refractivity contribution in [3.63, 3.8) is 0 Å². The number of carbonyl (C=O) groups excluding carboxylic acids is 2. The van der Waals surface area contributed by atoms with Gasteiger partial charge in [0, 0.05) is 25.0 Å². The smallest absolute Gasteiger partial charge is 0.352 e. The molecule has 2 aliphatic rings. The Kier molecular flexibility index (Phi) is 4.69. The van der Waals surface area contributed by atoms with E-state index in [9.17, 15) is 31.2 Å². The van der Waals surface area contributed by atoms with E-state index in [2.05, 4.69) is 5.32 Å². The highest BCUT2D eigenvalue weighted by atomic mass is 32.2. The van der Waals surface area contributed by atoms with Crippen molar-refractivity contribution in [2.45, 2.75) is 31.5 Å². The van der Waals surface area contributed by atoms with Crippen molar-refractivity contribution < 1.29 is 31.2 Å². The summed E-state index contributed by atoms with van der Waals surface area (Å²) in [6, 6.07) is -0.424. The average Bonchev–Trinajstić information content (AvgIpc) is 2.76. The highest BCUT2D eigenvalue weighted by molar-refractivity contribution is 7.91. The number of hydrogen-bond acceptors (Lipinski definition) is 4. The van der Waals surface area contributed by atoms with E-state index in [1.807, 2.05) is 0 Å². The third kappa shape index (κ3) is 4.11. The van der Waals surface area contributed by atoms with Gasteiger partial charge in [-0.25, -0.2) is 8.42 Å². The number of halogens is 3. The lowest BCUT2D eigenvalue weighted by molar-refractivity contribution is -0.186. The van der Waals surface area contributed by atoms with Crippen molar-refractivity contribution >= 4 is 21.7 Å². The van der Waals surface area contributed by atoms with E-state index in [0.29, 0.717) is 11.3 Å². The fourth-order valence-electron chi connectivity index (χ4n) is 2.75. The molecule has 2 aliphatic heterocycles. The van der Waals surface area contributed by atoms with Crippen LogP contribution in [0.25, 0.3) is 0 Å². The number of piperidine rings is 1. The van der Waals surface area contributed by atoms with E-state index in [4.69, 9.17) is 0 Å². The Morgan fingerprint density at radius 3 is 2.14 bits per heavy atom. The SMILES string of the molecule is O=C(NC1CCS(=O)(=O)C1)C1CCN(C(=O)C(F)(F)F)CC1. The van der Waals surface area contributed by atoms with E-state index >= 15 is 0 Å². The van der Waals surface area contributed by atoms with Crippen molar-refractivity contribution in [2.24, 2.45) is 5.92 Å². The van der Waals surface area contributed by atoms with E-state index < -0.39 is 33.9 Å². The van der Waals surface area contributed by atoms with Gasteiger partial charge in [-0.1, -0.05) is 0 Å². The van der Waals surface area contributed by atoms with Gasteiger partial charge in [-0.2, -0.15) is 13.2 Å². The van der Waals surface area contributed by atoms with Crippen LogP contribution in [0.15, 0.2) is 0 Å². The molecule has 10 heteroatoms. The molecule has 0 spiro atoms. The molecule has 1 N–H and O–H groups in total. The first-order valence-corrected chi connectivity index (χ1v) is 8.77. The zero-order valence-electron chi connectivity index (χ0n) is 11.7. The highest BCUT2D eigenvalue weighted by Crippen LogP contribution is 2.24. The molecule has 2 saturated heterocycles. The molecule has 1 unspecified atom stereocenters. The number of hydrogen-bond donors (Lipinski definition) is 1. The van der Waals surface area contributed by atoms with E-state index in [0.717, 1.165) is 0 Å². The molecule has 6 nitrogen and oxygen atoms in total. The Bertz CT molecular complexity index is 553. The number of sulfone groups is 1. The Hall–Kier alpha value is -1.32. The van der Waals surface area contributed by atoms with E-state index in [-0.39, 0.29) is 43.3 Å². The van der Waals surface area contributed by atoms with Crippen molar-refractivity contribution in [3.8, 4) is 0 Å². The summed E-state index contributed by atoms with van der Waals surface area (Å²) < 4.78 is 59.5. The molecule has 0 aliphatic carbocycles. The van der Waals surface area contributed by atoms with Gasteiger partial charge >= 0.3 is 12.1 Å². The molecule has 2 amide bonds. The van der Waals surface area contributed by atoms with Gasteiger partial charge in [0.15, 0.2) is 9.84 Å². The summed E-state index contributed by atoms with van der Waals surface area (Å²) in [6.07, 6.45) is -4.24. The van der Waals surface area contributed by atoms with Crippen LogP contribution in [0.4, 0.5) is 13.2 Å². The lowest BCUT2D eigenvalue weighted by atomic mass is 9.95. The largest absolute Gasteiger partial charge is 0.471 e. The van der Waals surface area contributed by atoms with Crippen molar-refractivity contribution in [1.29, 1.82) is 0 Å². The lowest BCUT2D eigenvalue weighted by Crippen LogP contribution is -2.48. The third-order valence-electron chi connectivity index (χ3n) is 3.97. The predicted octanol–water partition coefficient (Wildman–Crippen LogP) is 0.0906. The minimum absolute atomic E-state index is 0.0382. The molecule has 2 heterocycles. The van der Waals surface area contributed by atoms with Gasteiger partial charge in [-0.3, -0.25) is 9.59 Å². The lowest BCUT2D eigenvalue weighted by Gasteiger charge is -2.32. The fraction of sp³-hybridized carbons (Fsp3) is 0.833. The first-order chi connectivity index (χ1) is 10.1. The second kappa shape index (κ2) is 6.05. The summed E-state index contributed by atoms with van der Waals surface area (Å²) in [4.78, 5) is 23.8. The van der Waals surface area contributed by atoms with Gasteiger partial charge in [-0.15, -0.1) is 0 Å². The maximum absolute atomic E-state index is 12.3. The first-order valence-electron chi connectivity index (χ1n) is 6.95. The standard InChI is InChI=1S/C12H17F3N2O4S/c13-12(14,15)11(19)17-4-1-8(2-5-17)10(18)16-9-3-6-22(20,21)7-9/h8-9H,1-7H2,(H,16,18). The summed E-state index contributed by atoms with van der Waals surface area (Å²) >= 11 is 0. The number of alkyl halides is 3. The zero-order chi connectivity index (χ0) is 16.5. The number of rotatable bonds is 2. The molecule has 2 rings (SSSR count). The molecule has 0 aromatic rings. The molecular weight excluding hydrogens is 325 g/mol. The second-order valence-electron chi connectivity index (χ2n) is 5.67. The van der Waals surface area contributed by atoms with E-state index in [1.165, 1.54) is 0 Å². The summed E-state index contributed by atoms with van der Waals surface area (Å²) in [5, 5.41) is 2.63. The van der Waals surface area contributed by atoms with Crippen LogP contribution in [0.3, 0.4) is 0 Å². The van der Waals surface area contributed by atoms with Crippen LogP contribution in [0.1, 0.15) is 19.3 Å². The van der Waals surface area contributed by atoms with Crippen molar-refractivity contribution in [3.05, 3.63) is 0 Å². The fourth-order valence-corrected chi connectivity index (χ4v) is 4.43. The van der Waals surface area contributed by atoms with Crippen LogP contribution in [0, 0.1) is 5.92 Å². The Morgan fingerprint density at radius 2 is 1.68 bits per heavy atom. The molecule has 2 fully saturated rings. The van der Waals surface area contributed by atoms with Crippen LogP contribution in [-0.4, -0.2) is 61.9 Å². The molecule has 0 radical (unpaired) electrons. The van der Waals surface area contributed by atoms with Gasteiger partial charge in [0.1, 0.15) is 0 Å². The summed E-state index contributed by atoms with van der Waals surface area (Å²) in [5.74, 6) is -2.77. The number of amides is 2. The maximum atomic E-state index is 12.3. The van der Waals surface area contributed by atoms with Gasteiger partial charge in [-0.05, 0) is 19.3 Å². The highest BCUT2D eigenvalue weighted by Gasteiger charge is 2.44. The minimum Gasteiger partial charge on any atom is -0.352 e. The van der Waals surface area contributed by atoms with Gasteiger partial charge < -0.3 is 10.2 Å². The van der Waals surface area contributed by atoms with Crippen LogP contribution >= 0.6 is 0 Å². The van der Waals surface area contributed by atoms with Crippen LogP contribution < -0.4 is 5.32 Å². The van der Waals surface area contributed by atoms with Crippen LogP contribution in [0.5, 0.6) is 0 Å². The molecular formula is C12H17F3N2O4S. The van der Waals surface area contributed by atoms with Crippen molar-refractivity contribution in [1.82, 2.24) is 10.2 Å². The van der Waals surface area contributed by atoms with Crippen LogP contribution in [0.2, 0.25) is 0 Å². The molecule has 0 saturated carbocycles. The average molecular weight is 342 g/mol. The zero-order valence-corrected chi connectivity index (χ0v) is 12.5. The Balaban J connectivity index is 1.82. The molecule has 0 aromatic heterocycles. The number of nitrogens with one attached hydrogen (secondary N) is 1. The maximum Gasteiger partial charge on any atom is 0.471 e. The Morgan fingerprint density at radius 1 is 1.09 bits per heavy atom. The third-order valence-corrected chi connectivity index (χ3v) is 5.74. The quantitative estimate of drug-likeness (QED) is 0.771. The molecule has 126 valence electrons. The summed E-state index contributed by atoms with van der Waals surface area (Å²) in [7, 11) is -3.10. The summed E-state index contributed by atoms with van der Waals surface area (Å²) in [5.41, 5.74) is 0. The van der Waals surface area contributed by atoms with Crippen molar-refractivity contribution in [2.75, 3.05) is 24.6 Å². The minimum atomic E-state index is -4.90. The van der Waals surface area contributed by atoms with E-state index in [1.54, 1.807) is 0 Å². The van der Waals surface area contributed by atoms with Gasteiger partial charge in [0.25, 0.3) is 0 Å². The van der Waals surface area contributed by atoms with Gasteiger partial charge in [0.2, 0.25) is 5.91 Å². The Labute approximate surface area is 125 Å². The first kappa shape index (κ1) is 17.0. The molecule has 0 aromatic carbocycles. The topological polar surface area (TPSA) is 83.6 Å². The second-order valence-corrected chi connectivity index (χ2v) is 7.90. The monoisotopic (exact) mass is 342 g/mol. The molecule has 22 heavy (non-hydrogen) atoms. The summed E-state index contributed by atoms with van der Waals surface area (Å²) in [6.45, 7) is -0.251.